The van der Waals surface area contributed by atoms with Crippen LogP contribution in [0.4, 0.5) is 0 Å². The Morgan fingerprint density at radius 1 is 1.24 bits per heavy atom. The summed E-state index contributed by atoms with van der Waals surface area (Å²) < 4.78 is 9.13. The summed E-state index contributed by atoms with van der Waals surface area (Å²) in [6.45, 7) is 11.3. The van der Waals surface area contributed by atoms with E-state index in [0.29, 0.717) is 19.1 Å². The third kappa shape index (κ3) is 4.97. The zero-order chi connectivity index (χ0) is 29.5. The Kier molecular flexibility index (Phi) is 7.79. The molecule has 0 fully saturated rings. The molecule has 3 N–H and O–H groups in total. The highest BCUT2D eigenvalue weighted by atomic mass is 16.5. The smallest absolute Gasteiger partial charge is 0.240 e. The molecule has 2 aliphatic heterocycles. The number of amides is 1. The number of ether oxygens (including phenoxy) is 1. The van der Waals surface area contributed by atoms with E-state index in [2.05, 4.69) is 55.7 Å². The first-order chi connectivity index (χ1) is 20.3. The summed E-state index contributed by atoms with van der Waals surface area (Å²) in [4.78, 5) is 31.9. The summed E-state index contributed by atoms with van der Waals surface area (Å²) in [7, 11) is 0. The number of carbonyl (C=O) groups is 1. The van der Waals surface area contributed by atoms with Crippen LogP contribution in [0, 0.1) is 11.8 Å². The third-order valence-electron chi connectivity index (χ3n) is 9.13. The number of carbonyl (C=O) groups excluding carboxylic acids is 1. The van der Waals surface area contributed by atoms with Crippen molar-refractivity contribution in [2.24, 2.45) is 27.6 Å². The van der Waals surface area contributed by atoms with Crippen molar-refractivity contribution < 1.29 is 9.53 Å². The molecular formula is C33H43N7O2. The average Bonchev–Trinajstić information content (AvgIpc) is 3.76. The van der Waals surface area contributed by atoms with Crippen LogP contribution < -0.4 is 5.73 Å². The second kappa shape index (κ2) is 11.5. The molecule has 0 radical (unpaired) electrons. The van der Waals surface area contributed by atoms with E-state index in [1.165, 1.54) is 22.2 Å². The largest absolute Gasteiger partial charge is 0.474 e. The van der Waals surface area contributed by atoms with Crippen LogP contribution in [0.15, 0.2) is 46.2 Å². The van der Waals surface area contributed by atoms with Gasteiger partial charge in [-0.1, -0.05) is 33.3 Å². The molecule has 4 atom stereocenters. The predicted octanol–water partition coefficient (Wildman–Crippen LogP) is 6.25. The third-order valence-corrected chi connectivity index (χ3v) is 9.13. The molecule has 6 rings (SSSR count). The van der Waals surface area contributed by atoms with Gasteiger partial charge >= 0.3 is 0 Å². The van der Waals surface area contributed by atoms with Crippen LogP contribution in [0.2, 0.25) is 0 Å². The van der Waals surface area contributed by atoms with Gasteiger partial charge in [-0.05, 0) is 50.8 Å². The Morgan fingerprint density at radius 2 is 2.07 bits per heavy atom. The van der Waals surface area contributed by atoms with Crippen molar-refractivity contribution >= 4 is 34.3 Å². The van der Waals surface area contributed by atoms with Gasteiger partial charge in [0, 0.05) is 48.0 Å². The van der Waals surface area contributed by atoms with Gasteiger partial charge in [0.15, 0.2) is 6.23 Å². The minimum absolute atomic E-state index is 0.0144. The molecule has 0 spiro atoms. The number of nitrogens with zero attached hydrogens (tertiary/aromatic N) is 5. The first-order valence-electron chi connectivity index (χ1n) is 15.5. The second-order valence-electron chi connectivity index (χ2n) is 12.2. The van der Waals surface area contributed by atoms with Gasteiger partial charge in [-0.25, -0.2) is 4.98 Å². The second-order valence-corrected chi connectivity index (χ2v) is 12.2. The van der Waals surface area contributed by atoms with Crippen LogP contribution >= 0.6 is 0 Å². The number of aromatic nitrogens is 3. The monoisotopic (exact) mass is 569 g/mol. The lowest BCUT2D eigenvalue weighted by Crippen LogP contribution is -2.47. The molecule has 4 heterocycles. The topological polar surface area (TPSA) is 114 Å². The normalized spacial score (nSPS) is 21.3. The quantitative estimate of drug-likeness (QED) is 0.317. The molecule has 0 saturated heterocycles. The Bertz CT molecular complexity index is 1580. The van der Waals surface area contributed by atoms with Crippen molar-refractivity contribution in [3.8, 4) is 11.3 Å². The zero-order valence-corrected chi connectivity index (χ0v) is 25.4. The fourth-order valence-corrected chi connectivity index (χ4v) is 6.62. The van der Waals surface area contributed by atoms with Crippen LogP contribution in [0.25, 0.3) is 27.7 Å². The summed E-state index contributed by atoms with van der Waals surface area (Å²) in [5, 5.41) is 1.19. The molecule has 3 aromatic rings. The maximum absolute atomic E-state index is 13.0. The van der Waals surface area contributed by atoms with Crippen molar-refractivity contribution in [2.75, 3.05) is 13.2 Å². The highest BCUT2D eigenvalue weighted by Crippen LogP contribution is 2.46. The minimum atomic E-state index is -0.526. The standard InChI is InChI=1S/C33H43N7O2/c1-6-8-30-40-27-12-10-21(26-17-36-32(38-26)20(5)39(7-2)33(41)31(34)19(3)4)13-23(27)14-28(40)24-11-9-22(15-29(24)42-30)25-16-35-18-37-25/h10,12-14,16-17,19-20,22,30-31H,6-9,11,15,18,34H2,1-5H3,(H,36,38). The lowest BCUT2D eigenvalue weighted by atomic mass is 9.83. The molecule has 9 heteroatoms. The zero-order valence-electron chi connectivity index (χ0n) is 25.4. The molecule has 42 heavy (non-hydrogen) atoms. The fourth-order valence-electron chi connectivity index (χ4n) is 6.62. The van der Waals surface area contributed by atoms with Crippen molar-refractivity contribution in [3.05, 3.63) is 47.7 Å². The SMILES string of the molecule is CCCC1OC2=C(CCC(C3=NCN=C3)C2)c2cc3cc(-c4cnc(C(C)N(CC)C(=O)C(N)C(C)C)[nH]4)ccc3n21. The Labute approximate surface area is 248 Å². The van der Waals surface area contributed by atoms with E-state index in [9.17, 15) is 4.79 Å². The molecule has 1 aliphatic carbocycles. The molecule has 1 aromatic carbocycles. The van der Waals surface area contributed by atoms with E-state index >= 15 is 0 Å². The summed E-state index contributed by atoms with van der Waals surface area (Å²) in [6.07, 6.45) is 8.72. The van der Waals surface area contributed by atoms with E-state index in [0.717, 1.165) is 60.7 Å². The Morgan fingerprint density at radius 3 is 2.79 bits per heavy atom. The van der Waals surface area contributed by atoms with E-state index in [1.54, 1.807) is 4.90 Å². The molecule has 1 amide bonds. The fraction of sp³-hybridized carbons (Fsp3) is 0.515. The van der Waals surface area contributed by atoms with E-state index in [4.69, 9.17) is 10.5 Å². The predicted molar refractivity (Wildman–Crippen MR) is 168 cm³/mol. The van der Waals surface area contributed by atoms with Crippen LogP contribution in [0.5, 0.6) is 0 Å². The summed E-state index contributed by atoms with van der Waals surface area (Å²) in [5.74, 6) is 2.30. The number of nitrogens with two attached hydrogens (primary N) is 1. The number of allylic oxidation sites excluding steroid dienone is 2. The summed E-state index contributed by atoms with van der Waals surface area (Å²) in [5.41, 5.74) is 13.1. The lowest BCUT2D eigenvalue weighted by Gasteiger charge is -2.36. The maximum Gasteiger partial charge on any atom is 0.240 e. The van der Waals surface area contributed by atoms with Crippen LogP contribution in [0.3, 0.4) is 0 Å². The number of imidazole rings is 1. The first kappa shape index (κ1) is 28.4. The van der Waals surface area contributed by atoms with E-state index in [1.807, 2.05) is 40.1 Å². The highest BCUT2D eigenvalue weighted by Gasteiger charge is 2.35. The average molecular weight is 570 g/mol. The molecule has 0 bridgehead atoms. The highest BCUT2D eigenvalue weighted by molar-refractivity contribution is 6.32. The van der Waals surface area contributed by atoms with Gasteiger partial charge in [0.2, 0.25) is 5.91 Å². The summed E-state index contributed by atoms with van der Waals surface area (Å²) in [6, 6.07) is 8.18. The Hall–Kier alpha value is -3.72. The number of hydrogen-bond acceptors (Lipinski definition) is 6. The molecule has 222 valence electrons. The Balaban J connectivity index is 1.30. The van der Waals surface area contributed by atoms with Crippen molar-refractivity contribution in [1.29, 1.82) is 0 Å². The van der Waals surface area contributed by atoms with Crippen molar-refractivity contribution in [1.82, 2.24) is 19.4 Å². The van der Waals surface area contributed by atoms with Gasteiger partial charge in [-0.2, -0.15) is 0 Å². The lowest BCUT2D eigenvalue weighted by molar-refractivity contribution is -0.135. The maximum atomic E-state index is 13.0. The van der Waals surface area contributed by atoms with E-state index in [-0.39, 0.29) is 24.1 Å². The van der Waals surface area contributed by atoms with Crippen molar-refractivity contribution in [3.63, 3.8) is 0 Å². The number of likely N-dealkylation sites (N-methyl/N-ethyl adjacent to an activating group) is 1. The van der Waals surface area contributed by atoms with E-state index < -0.39 is 6.04 Å². The van der Waals surface area contributed by atoms with Gasteiger partial charge in [0.25, 0.3) is 0 Å². The summed E-state index contributed by atoms with van der Waals surface area (Å²) >= 11 is 0. The molecule has 9 nitrogen and oxygen atoms in total. The van der Waals surface area contributed by atoms with Crippen LogP contribution in [0.1, 0.15) is 90.5 Å². The van der Waals surface area contributed by atoms with Gasteiger partial charge < -0.3 is 24.9 Å². The number of nitrogens with one attached hydrogen (secondary N) is 1. The minimum Gasteiger partial charge on any atom is -0.474 e. The number of benzene rings is 1. The molecule has 4 unspecified atom stereocenters. The molecule has 2 aromatic heterocycles. The van der Waals surface area contributed by atoms with Gasteiger partial charge in [-0.3, -0.25) is 14.8 Å². The van der Waals surface area contributed by atoms with Gasteiger partial charge in [0.05, 0.1) is 40.9 Å². The van der Waals surface area contributed by atoms with Gasteiger partial charge in [0.1, 0.15) is 18.3 Å². The molecular weight excluding hydrogens is 526 g/mol. The molecule has 0 saturated carbocycles. The number of aliphatic imine (C=N–C) groups is 2. The van der Waals surface area contributed by atoms with Gasteiger partial charge in [-0.15, -0.1) is 0 Å². The number of H-pyrrole nitrogens is 1. The first-order valence-corrected chi connectivity index (χ1v) is 15.5. The van der Waals surface area contributed by atoms with Crippen LogP contribution in [-0.4, -0.2) is 56.5 Å². The number of fused-ring (bicyclic) bond motifs is 4. The molecule has 3 aliphatic rings. The van der Waals surface area contributed by atoms with Crippen LogP contribution in [-0.2, 0) is 9.53 Å². The number of rotatable bonds is 9. The van der Waals surface area contributed by atoms with Crippen molar-refractivity contribution in [2.45, 2.75) is 85.0 Å². The number of aromatic amines is 1. The number of hydrogen-bond donors (Lipinski definition) is 2.